The lowest BCUT2D eigenvalue weighted by Gasteiger charge is -2.19. The Hall–Kier alpha value is -1.39. The number of hydrogen-bond acceptors (Lipinski definition) is 4. The Morgan fingerprint density at radius 1 is 1.21 bits per heavy atom. The van der Waals surface area contributed by atoms with E-state index in [9.17, 15) is 0 Å². The van der Waals surface area contributed by atoms with E-state index in [1.165, 1.54) is 0 Å². The number of nitrogens with zero attached hydrogens (tertiary/aromatic N) is 2. The molecule has 104 valence electrons. The van der Waals surface area contributed by atoms with Crippen molar-refractivity contribution in [3.8, 4) is 0 Å². The van der Waals surface area contributed by atoms with E-state index in [4.69, 9.17) is 9.52 Å². The minimum absolute atomic E-state index is 0.225. The quantitative estimate of drug-likeness (QED) is 0.794. The fraction of sp³-hybridized carbons (Fsp3) is 0.533. The molecule has 1 aromatic heterocycles. The second-order valence-corrected chi connectivity index (χ2v) is 4.74. The number of aryl methyl sites for hydroxylation is 1. The van der Waals surface area contributed by atoms with Crippen molar-refractivity contribution >= 4 is 11.1 Å². The van der Waals surface area contributed by atoms with Crippen LogP contribution in [-0.4, -0.2) is 41.2 Å². The first-order valence-corrected chi connectivity index (χ1v) is 7.01. The van der Waals surface area contributed by atoms with Gasteiger partial charge in [-0.1, -0.05) is 19.1 Å². The maximum Gasteiger partial charge on any atom is 0.195 e. The number of oxazole rings is 1. The normalized spacial score (nSPS) is 11.5. The largest absolute Gasteiger partial charge is 0.441 e. The lowest BCUT2D eigenvalue weighted by molar-refractivity contribution is 0.193. The summed E-state index contributed by atoms with van der Waals surface area (Å²) in [6.07, 6.45) is 2.97. The topological polar surface area (TPSA) is 49.5 Å². The molecule has 0 radical (unpaired) electrons. The van der Waals surface area contributed by atoms with Crippen LogP contribution in [0.15, 0.2) is 28.7 Å². The lowest BCUT2D eigenvalue weighted by atomic mass is 10.2. The van der Waals surface area contributed by atoms with Crippen molar-refractivity contribution in [2.24, 2.45) is 0 Å². The highest BCUT2D eigenvalue weighted by atomic mass is 16.3. The number of aromatic nitrogens is 1. The predicted molar refractivity (Wildman–Crippen MR) is 76.1 cm³/mol. The zero-order valence-corrected chi connectivity index (χ0v) is 11.5. The fourth-order valence-electron chi connectivity index (χ4n) is 2.27. The van der Waals surface area contributed by atoms with E-state index >= 15 is 0 Å². The molecule has 19 heavy (non-hydrogen) atoms. The molecule has 2 rings (SSSR count). The molecule has 0 unspecified atom stereocenters. The molecule has 0 saturated heterocycles. The molecule has 0 fully saturated rings. The van der Waals surface area contributed by atoms with E-state index in [1.807, 2.05) is 24.3 Å². The molecule has 0 bridgehead atoms. The first kappa shape index (κ1) is 14.0. The summed E-state index contributed by atoms with van der Waals surface area (Å²) in [5, 5.41) is 9.00. The maximum atomic E-state index is 9.00. The van der Waals surface area contributed by atoms with Crippen LogP contribution >= 0.6 is 0 Å². The number of hydrogen-bond donors (Lipinski definition) is 1. The summed E-state index contributed by atoms with van der Waals surface area (Å²) in [6.45, 7) is 5.15. The molecule has 0 aliphatic carbocycles. The van der Waals surface area contributed by atoms with Gasteiger partial charge in [0.05, 0.1) is 6.61 Å². The van der Waals surface area contributed by atoms with E-state index < -0.39 is 0 Å². The summed E-state index contributed by atoms with van der Waals surface area (Å²) >= 11 is 0. The zero-order valence-electron chi connectivity index (χ0n) is 11.5. The Bertz CT molecular complexity index is 457. The number of benzene rings is 1. The molecule has 0 atom stereocenters. The first-order valence-electron chi connectivity index (χ1n) is 7.01. The zero-order chi connectivity index (χ0) is 13.5. The highest BCUT2D eigenvalue weighted by Gasteiger charge is 2.07. The van der Waals surface area contributed by atoms with Crippen molar-refractivity contribution in [2.45, 2.75) is 26.2 Å². The van der Waals surface area contributed by atoms with E-state index in [-0.39, 0.29) is 6.61 Å². The molecule has 2 aromatic rings. The number of rotatable bonds is 8. The van der Waals surface area contributed by atoms with Gasteiger partial charge in [0.1, 0.15) is 5.52 Å². The van der Waals surface area contributed by atoms with Crippen molar-refractivity contribution < 1.29 is 9.52 Å². The van der Waals surface area contributed by atoms with E-state index in [1.54, 1.807) is 0 Å². The van der Waals surface area contributed by atoms with Crippen molar-refractivity contribution in [1.82, 2.24) is 9.88 Å². The highest BCUT2D eigenvalue weighted by Crippen LogP contribution is 2.15. The standard InChI is InChI=1S/C15H22N2O2/c1-2-9-17(11-12-18)10-5-8-15-16-13-6-3-4-7-14(13)19-15/h3-4,6-7,18H,2,5,8-12H2,1H3. The molecule has 0 aliphatic rings. The van der Waals surface area contributed by atoms with Gasteiger partial charge in [-0.05, 0) is 38.1 Å². The van der Waals surface area contributed by atoms with E-state index in [0.717, 1.165) is 55.9 Å². The first-order chi connectivity index (χ1) is 9.33. The van der Waals surface area contributed by atoms with Crippen LogP contribution in [0.3, 0.4) is 0 Å². The monoisotopic (exact) mass is 262 g/mol. The second-order valence-electron chi connectivity index (χ2n) is 4.74. The van der Waals surface area contributed by atoms with Crippen LogP contribution in [0.5, 0.6) is 0 Å². The fourth-order valence-corrected chi connectivity index (χ4v) is 2.27. The smallest absolute Gasteiger partial charge is 0.195 e. The Morgan fingerprint density at radius 3 is 2.79 bits per heavy atom. The Morgan fingerprint density at radius 2 is 2.05 bits per heavy atom. The van der Waals surface area contributed by atoms with Gasteiger partial charge in [-0.2, -0.15) is 0 Å². The van der Waals surface area contributed by atoms with Gasteiger partial charge in [-0.25, -0.2) is 4.98 Å². The van der Waals surface area contributed by atoms with Crippen LogP contribution in [0.1, 0.15) is 25.7 Å². The number of aliphatic hydroxyl groups is 1. The van der Waals surface area contributed by atoms with E-state index in [0.29, 0.717) is 0 Å². The Labute approximate surface area is 114 Å². The summed E-state index contributed by atoms with van der Waals surface area (Å²) in [6, 6.07) is 7.85. The van der Waals surface area contributed by atoms with Crippen LogP contribution in [0.2, 0.25) is 0 Å². The average molecular weight is 262 g/mol. The van der Waals surface area contributed by atoms with Crippen LogP contribution in [-0.2, 0) is 6.42 Å². The van der Waals surface area contributed by atoms with Crippen LogP contribution in [0.25, 0.3) is 11.1 Å². The van der Waals surface area contributed by atoms with Crippen molar-refractivity contribution in [3.05, 3.63) is 30.2 Å². The SMILES string of the molecule is CCCN(CCO)CCCc1nc2ccccc2o1. The third-order valence-corrected chi connectivity index (χ3v) is 3.16. The predicted octanol–water partition coefficient (Wildman–Crippen LogP) is 2.46. The number of para-hydroxylation sites is 2. The summed E-state index contributed by atoms with van der Waals surface area (Å²) in [5.74, 6) is 0.807. The second kappa shape index (κ2) is 7.26. The van der Waals surface area contributed by atoms with Crippen LogP contribution in [0.4, 0.5) is 0 Å². The van der Waals surface area contributed by atoms with Gasteiger partial charge < -0.3 is 14.4 Å². The van der Waals surface area contributed by atoms with Gasteiger partial charge in [-0.3, -0.25) is 0 Å². The summed E-state index contributed by atoms with van der Waals surface area (Å²) < 4.78 is 5.69. The molecule has 0 spiro atoms. The third kappa shape index (κ3) is 4.04. The molecular weight excluding hydrogens is 240 g/mol. The van der Waals surface area contributed by atoms with Gasteiger partial charge in [0.15, 0.2) is 11.5 Å². The molecular formula is C15H22N2O2. The van der Waals surface area contributed by atoms with Crippen LogP contribution < -0.4 is 0 Å². The molecule has 0 saturated carbocycles. The van der Waals surface area contributed by atoms with E-state index in [2.05, 4.69) is 16.8 Å². The molecule has 1 heterocycles. The molecule has 0 amide bonds. The minimum Gasteiger partial charge on any atom is -0.441 e. The van der Waals surface area contributed by atoms with Crippen molar-refractivity contribution in [1.29, 1.82) is 0 Å². The molecule has 1 aromatic carbocycles. The summed E-state index contributed by atoms with van der Waals surface area (Å²) in [7, 11) is 0. The third-order valence-electron chi connectivity index (χ3n) is 3.16. The Kier molecular flexibility index (Phi) is 5.36. The number of aliphatic hydroxyl groups excluding tert-OH is 1. The summed E-state index contributed by atoms with van der Waals surface area (Å²) in [5.41, 5.74) is 1.79. The van der Waals surface area contributed by atoms with Gasteiger partial charge >= 0.3 is 0 Å². The summed E-state index contributed by atoms with van der Waals surface area (Å²) in [4.78, 5) is 6.75. The molecule has 1 N–H and O–H groups in total. The lowest BCUT2D eigenvalue weighted by Crippen LogP contribution is -2.29. The maximum absolute atomic E-state index is 9.00. The minimum atomic E-state index is 0.225. The Balaban J connectivity index is 1.84. The molecule has 4 heteroatoms. The average Bonchev–Trinajstić information content (AvgIpc) is 2.82. The molecule has 4 nitrogen and oxygen atoms in total. The van der Waals surface area contributed by atoms with Gasteiger partial charge in [0.25, 0.3) is 0 Å². The van der Waals surface area contributed by atoms with Crippen molar-refractivity contribution in [2.75, 3.05) is 26.2 Å². The number of fused-ring (bicyclic) bond motifs is 1. The van der Waals surface area contributed by atoms with Gasteiger partial charge in [0.2, 0.25) is 0 Å². The van der Waals surface area contributed by atoms with Gasteiger partial charge in [0, 0.05) is 13.0 Å². The highest BCUT2D eigenvalue weighted by molar-refractivity contribution is 5.72. The van der Waals surface area contributed by atoms with Crippen molar-refractivity contribution in [3.63, 3.8) is 0 Å². The van der Waals surface area contributed by atoms with Gasteiger partial charge in [-0.15, -0.1) is 0 Å². The molecule has 0 aliphatic heterocycles. The van der Waals surface area contributed by atoms with Crippen LogP contribution in [0, 0.1) is 0 Å².